The molecule has 2 bridgehead atoms. The first kappa shape index (κ1) is 12.1. The Kier molecular flexibility index (Phi) is 2.91. The molecule has 0 saturated carbocycles. The zero-order chi connectivity index (χ0) is 12.9. The van der Waals surface area contributed by atoms with Crippen LogP contribution in [-0.2, 0) is 0 Å². The molecule has 2 atom stereocenters. The number of fused-ring (bicyclic) bond motifs is 4. The zero-order valence-corrected chi connectivity index (χ0v) is 11.9. The van der Waals surface area contributed by atoms with Gasteiger partial charge in [-0.3, -0.25) is 4.90 Å². The normalized spacial score (nSPS) is 27.0. The largest absolute Gasteiger partial charge is 0.495 e. The number of anilines is 1. The maximum atomic E-state index is 6.25. The van der Waals surface area contributed by atoms with Crippen LogP contribution in [0.15, 0.2) is 12.1 Å². The van der Waals surface area contributed by atoms with E-state index in [-0.39, 0.29) is 0 Å². The van der Waals surface area contributed by atoms with E-state index in [2.05, 4.69) is 30.0 Å². The molecule has 2 unspecified atom stereocenters. The summed E-state index contributed by atoms with van der Waals surface area (Å²) < 4.78 is 5.34. The van der Waals surface area contributed by atoms with Crippen molar-refractivity contribution in [3.05, 3.63) is 22.7 Å². The Hall–Kier alpha value is -0.930. The second kappa shape index (κ2) is 4.32. The van der Waals surface area contributed by atoms with Gasteiger partial charge in [0.1, 0.15) is 5.75 Å². The maximum absolute atomic E-state index is 6.25. The fraction of sp³-hybridized carbons (Fsp3) is 0.571. The van der Waals surface area contributed by atoms with Gasteiger partial charge < -0.3 is 9.64 Å². The quantitative estimate of drug-likeness (QED) is 0.777. The number of nitrogens with zero attached hydrogens (tertiary/aromatic N) is 2. The van der Waals surface area contributed by atoms with Crippen LogP contribution in [0.4, 0.5) is 5.69 Å². The highest BCUT2D eigenvalue weighted by atomic mass is 35.5. The highest BCUT2D eigenvalue weighted by molar-refractivity contribution is 6.32. The summed E-state index contributed by atoms with van der Waals surface area (Å²) >= 11 is 6.25. The summed E-state index contributed by atoms with van der Waals surface area (Å²) in [6, 6.07) is 4.18. The predicted octanol–water partition coefficient (Wildman–Crippen LogP) is 2.93. The Labute approximate surface area is 113 Å². The second-order valence-corrected chi connectivity index (χ2v) is 5.75. The van der Waals surface area contributed by atoms with Crippen LogP contribution < -0.4 is 9.64 Å². The minimum atomic E-state index is 0.501. The van der Waals surface area contributed by atoms with Crippen molar-refractivity contribution >= 4 is 17.3 Å². The van der Waals surface area contributed by atoms with Crippen LogP contribution in [-0.4, -0.2) is 38.8 Å². The average molecular weight is 267 g/mol. The average Bonchev–Trinajstić information content (AvgIpc) is 2.38. The number of hydrogen-bond donors (Lipinski definition) is 0. The van der Waals surface area contributed by atoms with Crippen molar-refractivity contribution in [1.82, 2.24) is 4.90 Å². The molecule has 1 saturated heterocycles. The van der Waals surface area contributed by atoms with Crippen LogP contribution in [0.1, 0.15) is 24.3 Å². The van der Waals surface area contributed by atoms with Gasteiger partial charge in [0.05, 0.1) is 18.3 Å². The molecule has 0 amide bonds. The fourth-order valence-electron chi connectivity index (χ4n) is 3.31. The van der Waals surface area contributed by atoms with Crippen LogP contribution in [0.25, 0.3) is 0 Å². The Morgan fingerprint density at radius 3 is 2.83 bits per heavy atom. The number of likely N-dealkylation sites (tertiary alicyclic amines) is 1. The number of hydrogen-bond acceptors (Lipinski definition) is 3. The molecule has 0 radical (unpaired) electrons. The number of methoxy groups -OCH3 is 1. The smallest absolute Gasteiger partial charge is 0.137 e. The first-order valence-corrected chi connectivity index (χ1v) is 6.80. The molecule has 3 nitrogen and oxygen atoms in total. The zero-order valence-electron chi connectivity index (χ0n) is 11.1. The molecule has 0 aromatic heterocycles. The lowest BCUT2D eigenvalue weighted by Gasteiger charge is -2.48. The van der Waals surface area contributed by atoms with Gasteiger partial charge in [0.15, 0.2) is 0 Å². The molecule has 0 spiro atoms. The molecule has 2 aliphatic rings. The molecule has 18 heavy (non-hydrogen) atoms. The number of halogens is 1. The van der Waals surface area contributed by atoms with Crippen molar-refractivity contribution in [1.29, 1.82) is 0 Å². The molecular formula is C14H19ClN2O. The summed E-state index contributed by atoms with van der Waals surface area (Å²) in [5.41, 5.74) is 2.65. The minimum Gasteiger partial charge on any atom is -0.495 e. The first-order valence-electron chi connectivity index (χ1n) is 6.42. The number of benzene rings is 1. The van der Waals surface area contributed by atoms with Gasteiger partial charge in [-0.1, -0.05) is 11.6 Å². The Balaban J connectivity index is 2.10. The van der Waals surface area contributed by atoms with E-state index in [1.807, 2.05) is 6.07 Å². The minimum absolute atomic E-state index is 0.501. The van der Waals surface area contributed by atoms with Gasteiger partial charge in [-0.25, -0.2) is 0 Å². The predicted molar refractivity (Wildman–Crippen MR) is 74.8 cm³/mol. The molecule has 1 fully saturated rings. The first-order chi connectivity index (χ1) is 8.61. The topological polar surface area (TPSA) is 15.7 Å². The summed E-state index contributed by atoms with van der Waals surface area (Å²) in [5, 5.41) is 0.700. The highest BCUT2D eigenvalue weighted by Crippen LogP contribution is 2.46. The molecule has 1 aromatic carbocycles. The van der Waals surface area contributed by atoms with Gasteiger partial charge in [-0.2, -0.15) is 0 Å². The maximum Gasteiger partial charge on any atom is 0.137 e. The molecule has 0 aliphatic carbocycles. The van der Waals surface area contributed by atoms with E-state index in [0.717, 1.165) is 12.3 Å². The fourth-order valence-corrected chi connectivity index (χ4v) is 3.54. The summed E-state index contributed by atoms with van der Waals surface area (Å²) in [5.74, 6) is 1.43. The van der Waals surface area contributed by atoms with Crippen LogP contribution in [0.2, 0.25) is 5.02 Å². The van der Waals surface area contributed by atoms with Crippen molar-refractivity contribution < 1.29 is 4.74 Å². The Morgan fingerprint density at radius 2 is 2.11 bits per heavy atom. The lowest BCUT2D eigenvalue weighted by Crippen LogP contribution is -2.52. The Morgan fingerprint density at radius 1 is 1.33 bits per heavy atom. The van der Waals surface area contributed by atoms with Crippen molar-refractivity contribution in [2.45, 2.75) is 24.9 Å². The van der Waals surface area contributed by atoms with Crippen LogP contribution >= 0.6 is 11.6 Å². The summed E-state index contributed by atoms with van der Waals surface area (Å²) in [7, 11) is 6.04. The molecule has 4 heteroatoms. The highest BCUT2D eigenvalue weighted by Gasteiger charge is 2.37. The van der Waals surface area contributed by atoms with E-state index in [1.54, 1.807) is 7.11 Å². The van der Waals surface area contributed by atoms with Gasteiger partial charge in [0, 0.05) is 19.3 Å². The third-order valence-corrected chi connectivity index (χ3v) is 4.70. The molecule has 1 aromatic rings. The van der Waals surface area contributed by atoms with Gasteiger partial charge in [-0.05, 0) is 43.5 Å². The van der Waals surface area contributed by atoms with E-state index in [1.165, 1.54) is 24.1 Å². The number of rotatable bonds is 1. The van der Waals surface area contributed by atoms with Crippen molar-refractivity contribution in [3.8, 4) is 5.75 Å². The molecule has 98 valence electrons. The third kappa shape index (κ3) is 1.69. The summed E-state index contributed by atoms with van der Waals surface area (Å²) in [6.45, 7) is 1.16. The van der Waals surface area contributed by atoms with Crippen molar-refractivity contribution in [2.75, 3.05) is 32.6 Å². The SMILES string of the molecule is COc1cc2c(cc1Cl)N(C)C1CC2CCN1C. The Bertz CT molecular complexity index is 477. The number of ether oxygens (including phenoxy) is 1. The van der Waals surface area contributed by atoms with E-state index < -0.39 is 0 Å². The number of piperidine rings is 1. The third-order valence-electron chi connectivity index (χ3n) is 4.40. The van der Waals surface area contributed by atoms with Crippen molar-refractivity contribution in [3.63, 3.8) is 0 Å². The van der Waals surface area contributed by atoms with E-state index in [4.69, 9.17) is 16.3 Å². The lowest BCUT2D eigenvalue weighted by molar-refractivity contribution is 0.159. The van der Waals surface area contributed by atoms with Gasteiger partial charge in [0.25, 0.3) is 0 Å². The monoisotopic (exact) mass is 266 g/mol. The van der Waals surface area contributed by atoms with Crippen LogP contribution in [0, 0.1) is 0 Å². The summed E-state index contributed by atoms with van der Waals surface area (Å²) in [6.07, 6.45) is 2.92. The molecule has 0 N–H and O–H groups in total. The van der Waals surface area contributed by atoms with Gasteiger partial charge in [-0.15, -0.1) is 0 Å². The second-order valence-electron chi connectivity index (χ2n) is 5.34. The molecule has 3 rings (SSSR count). The van der Waals surface area contributed by atoms with E-state index in [9.17, 15) is 0 Å². The van der Waals surface area contributed by atoms with E-state index in [0.29, 0.717) is 17.1 Å². The van der Waals surface area contributed by atoms with Crippen LogP contribution in [0.3, 0.4) is 0 Å². The molecule has 2 aliphatic heterocycles. The molecule has 2 heterocycles. The van der Waals surface area contributed by atoms with Crippen LogP contribution in [0.5, 0.6) is 5.75 Å². The van der Waals surface area contributed by atoms with Gasteiger partial charge in [0.2, 0.25) is 0 Å². The van der Waals surface area contributed by atoms with Crippen molar-refractivity contribution in [2.24, 2.45) is 0 Å². The standard InChI is InChI=1S/C14H19ClN2O/c1-16-5-4-9-6-14(16)17(2)12-8-11(15)13(18-3)7-10(9)12/h7-9,14H,4-6H2,1-3H3. The van der Waals surface area contributed by atoms with E-state index >= 15 is 0 Å². The molecular weight excluding hydrogens is 248 g/mol. The summed E-state index contributed by atoms with van der Waals surface area (Å²) in [4.78, 5) is 4.77. The lowest BCUT2D eigenvalue weighted by atomic mass is 9.82. The van der Waals surface area contributed by atoms with Gasteiger partial charge >= 0.3 is 0 Å².